The predicted molar refractivity (Wildman–Crippen MR) is 144 cm³/mol. The zero-order valence-electron chi connectivity index (χ0n) is 19.4. The summed E-state index contributed by atoms with van der Waals surface area (Å²) >= 11 is 6.76. The van der Waals surface area contributed by atoms with E-state index in [1.165, 1.54) is 6.08 Å². The van der Waals surface area contributed by atoms with Crippen molar-refractivity contribution in [1.29, 1.82) is 0 Å². The van der Waals surface area contributed by atoms with Crippen LogP contribution in [0.5, 0.6) is 11.5 Å². The van der Waals surface area contributed by atoms with Crippen LogP contribution in [-0.4, -0.2) is 28.4 Å². The molecule has 0 fully saturated rings. The lowest BCUT2D eigenvalue weighted by Crippen LogP contribution is -2.31. The van der Waals surface area contributed by atoms with Gasteiger partial charge in [-0.05, 0) is 72.1 Å². The Kier molecular flexibility index (Phi) is 9.95. The van der Waals surface area contributed by atoms with E-state index in [0.29, 0.717) is 38.8 Å². The van der Waals surface area contributed by atoms with Gasteiger partial charge in [0.2, 0.25) is 0 Å². The smallest absolute Gasteiger partial charge is 0.412 e. The lowest BCUT2D eigenvalue weighted by molar-refractivity contribution is -0.131. The zero-order valence-corrected chi connectivity index (χ0v) is 22.5. The number of amides is 1. The second-order valence-electron chi connectivity index (χ2n) is 7.93. The number of hydrogen-bond donors (Lipinski definition) is 3. The number of phenols is 1. The first-order valence-electron chi connectivity index (χ1n) is 11.1. The van der Waals surface area contributed by atoms with Gasteiger partial charge in [-0.3, -0.25) is 5.32 Å². The number of aliphatic carboxylic acids is 1. The lowest BCUT2D eigenvalue weighted by atomic mass is 9.99. The summed E-state index contributed by atoms with van der Waals surface area (Å²) in [5.74, 6) is -0.630. The molecule has 9 heteroatoms. The monoisotopic (exact) mass is 617 g/mol. The van der Waals surface area contributed by atoms with Gasteiger partial charge in [0.25, 0.3) is 0 Å². The van der Waals surface area contributed by atoms with Crippen molar-refractivity contribution in [2.75, 3.05) is 5.32 Å². The number of anilines is 1. The summed E-state index contributed by atoms with van der Waals surface area (Å²) in [7, 11) is 0. The van der Waals surface area contributed by atoms with E-state index in [0.717, 1.165) is 11.6 Å². The third-order valence-corrected chi connectivity index (χ3v) is 6.21. The number of halogens is 2. The summed E-state index contributed by atoms with van der Waals surface area (Å²) in [6.45, 7) is 1.94. The fraction of sp³-hybridized carbons (Fsp3) is 0.185. The number of aromatic hydroxyl groups is 1. The van der Waals surface area contributed by atoms with Crippen molar-refractivity contribution >= 4 is 49.6 Å². The van der Waals surface area contributed by atoms with Gasteiger partial charge < -0.3 is 19.7 Å². The molecule has 3 rings (SSSR count). The van der Waals surface area contributed by atoms with Crippen molar-refractivity contribution in [3.63, 3.8) is 0 Å². The van der Waals surface area contributed by atoms with E-state index in [-0.39, 0.29) is 5.75 Å². The highest BCUT2D eigenvalue weighted by Crippen LogP contribution is 2.40. The first-order chi connectivity index (χ1) is 17.2. The van der Waals surface area contributed by atoms with Crippen LogP contribution in [0.2, 0.25) is 0 Å². The van der Waals surface area contributed by atoms with Crippen molar-refractivity contribution in [3.05, 3.63) is 99.0 Å². The standard InChI is InChI=1S/C27H25Br2NO6/c1-17-11-13-19(14-12-17)30-27(34)36-26(21-15-18(28)16-22(29)25(21)33)23(9-5-6-10-24(31)32)35-20-7-3-2-4-8-20/h2-4,6-8,10-16,23,26,33H,5,9H2,1H3,(H,30,34)(H,31,32)/b10-6+/t23-,26-/m1/s1. The third-order valence-electron chi connectivity index (χ3n) is 5.14. The van der Waals surface area contributed by atoms with Crippen LogP contribution in [0.15, 0.2) is 87.8 Å². The Labute approximate surface area is 226 Å². The molecule has 0 radical (unpaired) electrons. The van der Waals surface area contributed by atoms with Crippen LogP contribution in [0.4, 0.5) is 10.5 Å². The number of carbonyl (C=O) groups excluding carboxylic acids is 1. The van der Waals surface area contributed by atoms with E-state index in [2.05, 4.69) is 37.2 Å². The molecular formula is C27H25Br2NO6. The Hall–Kier alpha value is -3.30. The molecule has 0 aliphatic carbocycles. The molecule has 3 aromatic carbocycles. The van der Waals surface area contributed by atoms with Gasteiger partial charge in [-0.15, -0.1) is 0 Å². The fourth-order valence-electron chi connectivity index (χ4n) is 3.43. The average molecular weight is 619 g/mol. The number of ether oxygens (including phenoxy) is 2. The van der Waals surface area contributed by atoms with Crippen molar-refractivity contribution in [2.45, 2.75) is 32.0 Å². The van der Waals surface area contributed by atoms with Gasteiger partial charge in [0.15, 0.2) is 6.10 Å². The number of carbonyl (C=O) groups is 2. The largest absolute Gasteiger partial charge is 0.506 e. The van der Waals surface area contributed by atoms with Gasteiger partial charge in [-0.2, -0.15) is 0 Å². The number of benzene rings is 3. The highest BCUT2D eigenvalue weighted by Gasteiger charge is 2.32. The quantitative estimate of drug-likeness (QED) is 0.205. The van der Waals surface area contributed by atoms with Crippen LogP contribution in [0.3, 0.4) is 0 Å². The second-order valence-corrected chi connectivity index (χ2v) is 9.70. The average Bonchev–Trinajstić information content (AvgIpc) is 2.84. The zero-order chi connectivity index (χ0) is 26.1. The number of rotatable bonds is 10. The lowest BCUT2D eigenvalue weighted by Gasteiger charge is -2.29. The molecule has 0 saturated carbocycles. The Morgan fingerprint density at radius 2 is 1.75 bits per heavy atom. The Bertz CT molecular complexity index is 1210. The summed E-state index contributed by atoms with van der Waals surface area (Å²) in [5.41, 5.74) is 1.91. The molecule has 0 aromatic heterocycles. The van der Waals surface area contributed by atoms with Gasteiger partial charge in [-0.1, -0.05) is 57.9 Å². The number of nitrogens with one attached hydrogen (secondary N) is 1. The molecule has 2 atom stereocenters. The highest BCUT2D eigenvalue weighted by atomic mass is 79.9. The van der Waals surface area contributed by atoms with E-state index in [9.17, 15) is 14.7 Å². The molecule has 0 heterocycles. The molecule has 0 aliphatic heterocycles. The number of carboxylic acid groups (broad SMARTS) is 1. The molecule has 0 unspecified atom stereocenters. The van der Waals surface area contributed by atoms with Crippen LogP contribution < -0.4 is 10.1 Å². The molecule has 3 N–H and O–H groups in total. The van der Waals surface area contributed by atoms with Crippen LogP contribution in [0, 0.1) is 6.92 Å². The van der Waals surface area contributed by atoms with E-state index >= 15 is 0 Å². The first-order valence-corrected chi connectivity index (χ1v) is 12.6. The van der Waals surface area contributed by atoms with Crippen LogP contribution >= 0.6 is 31.9 Å². The number of allylic oxidation sites excluding steroid dienone is 1. The third kappa shape index (κ3) is 8.13. The van der Waals surface area contributed by atoms with Crippen molar-refractivity contribution in [2.24, 2.45) is 0 Å². The van der Waals surface area contributed by atoms with Crippen molar-refractivity contribution in [1.82, 2.24) is 0 Å². The van der Waals surface area contributed by atoms with E-state index in [1.54, 1.807) is 36.4 Å². The Balaban J connectivity index is 1.96. The van der Waals surface area contributed by atoms with Gasteiger partial charge in [0.05, 0.1) is 4.47 Å². The van der Waals surface area contributed by atoms with Gasteiger partial charge >= 0.3 is 12.1 Å². The maximum Gasteiger partial charge on any atom is 0.412 e. The number of para-hydroxylation sites is 1. The van der Waals surface area contributed by atoms with E-state index < -0.39 is 24.3 Å². The Morgan fingerprint density at radius 1 is 1.06 bits per heavy atom. The minimum absolute atomic E-state index is 0.103. The van der Waals surface area contributed by atoms with Crippen molar-refractivity contribution < 1.29 is 29.3 Å². The molecule has 0 spiro atoms. The molecule has 3 aromatic rings. The van der Waals surface area contributed by atoms with Crippen molar-refractivity contribution in [3.8, 4) is 11.5 Å². The Morgan fingerprint density at radius 3 is 2.42 bits per heavy atom. The number of hydrogen-bond acceptors (Lipinski definition) is 5. The maximum absolute atomic E-state index is 13.0. The molecule has 0 bridgehead atoms. The van der Waals surface area contributed by atoms with E-state index in [4.69, 9.17) is 14.6 Å². The van der Waals surface area contributed by atoms with Gasteiger partial charge in [0, 0.05) is 21.8 Å². The SMILES string of the molecule is Cc1ccc(NC(=O)O[C@H](c2cc(Br)cc(Br)c2O)[C@@H](CC/C=C/C(=O)O)Oc2ccccc2)cc1. The second kappa shape index (κ2) is 13.1. The number of carboxylic acids is 1. The van der Waals surface area contributed by atoms with Crippen LogP contribution in [0.1, 0.15) is 30.1 Å². The summed E-state index contributed by atoms with van der Waals surface area (Å²) < 4.78 is 13.1. The number of phenolic OH excluding ortho intramolecular Hbond substituents is 1. The molecule has 36 heavy (non-hydrogen) atoms. The first kappa shape index (κ1) is 27.3. The summed E-state index contributed by atoms with van der Waals surface area (Å²) in [6, 6.07) is 19.6. The summed E-state index contributed by atoms with van der Waals surface area (Å²) in [6.07, 6.45) is 0.645. The van der Waals surface area contributed by atoms with Gasteiger partial charge in [-0.25, -0.2) is 9.59 Å². The van der Waals surface area contributed by atoms with Gasteiger partial charge in [0.1, 0.15) is 17.6 Å². The minimum atomic E-state index is -1.06. The maximum atomic E-state index is 13.0. The van der Waals surface area contributed by atoms with E-state index in [1.807, 2.05) is 37.3 Å². The highest BCUT2D eigenvalue weighted by molar-refractivity contribution is 9.11. The molecule has 0 aliphatic rings. The molecule has 1 amide bonds. The topological polar surface area (TPSA) is 105 Å². The minimum Gasteiger partial charge on any atom is -0.506 e. The molecule has 7 nitrogen and oxygen atoms in total. The molecule has 188 valence electrons. The van der Waals surface area contributed by atoms with Crippen LogP contribution in [0.25, 0.3) is 0 Å². The summed E-state index contributed by atoms with van der Waals surface area (Å²) in [5, 5.41) is 22.5. The fourth-order valence-corrected chi connectivity index (χ4v) is 4.69. The normalized spacial score (nSPS) is 12.6. The van der Waals surface area contributed by atoms with Crippen LogP contribution in [-0.2, 0) is 9.53 Å². The predicted octanol–water partition coefficient (Wildman–Crippen LogP) is 7.38. The summed E-state index contributed by atoms with van der Waals surface area (Å²) in [4.78, 5) is 23.9. The molecular weight excluding hydrogens is 594 g/mol. The molecule has 0 saturated heterocycles. The number of aryl methyl sites for hydroxylation is 1.